The molecular formula is C89H160N2Ni. The Balaban J connectivity index is 0.000000729. The predicted octanol–water partition coefficient (Wildman–Crippen LogP) is 32.5. The van der Waals surface area contributed by atoms with E-state index in [0.29, 0.717) is 0 Å². The van der Waals surface area contributed by atoms with E-state index in [1.54, 1.807) is 0 Å². The molecule has 0 aromatic heterocycles. The number of unbranched alkanes of at least 4 members (excludes halogenated alkanes) is 57. The number of rotatable bonds is 69. The van der Waals surface area contributed by atoms with E-state index in [9.17, 15) is 5.53 Å². The monoisotopic (exact) mass is 1320 g/mol. The molecule has 0 fully saturated rings. The van der Waals surface area contributed by atoms with Gasteiger partial charge in [0.2, 0.25) is 11.4 Å². The van der Waals surface area contributed by atoms with Gasteiger partial charge < -0.3 is 5.53 Å². The van der Waals surface area contributed by atoms with Crippen LogP contribution in [0.1, 0.15) is 468 Å². The molecule has 2 aromatic rings. The second kappa shape index (κ2) is 67.6. The third kappa shape index (κ3) is 49.5. The fourth-order valence-corrected chi connectivity index (χ4v) is 15.5. The van der Waals surface area contributed by atoms with Gasteiger partial charge >= 0.3 is 166 Å². The van der Waals surface area contributed by atoms with Crippen molar-refractivity contribution in [2.75, 3.05) is 0 Å². The molecule has 0 spiro atoms. The maximum atomic E-state index is 11.6. The molecule has 0 aliphatic carbocycles. The zero-order valence-corrected chi connectivity index (χ0v) is 64.2. The smallest absolute Gasteiger partial charge is 0.0654 e. The summed E-state index contributed by atoms with van der Waals surface area (Å²) < 4.78 is 1.49. The van der Waals surface area contributed by atoms with Crippen LogP contribution in [-0.2, 0) is 27.3 Å². The minimum Gasteiger partial charge on any atom is -0.0654 e. The first kappa shape index (κ1) is 86.1. The van der Waals surface area contributed by atoms with Gasteiger partial charge in [0.15, 0.2) is 0 Å². The van der Waals surface area contributed by atoms with E-state index >= 15 is 0 Å². The maximum absolute atomic E-state index is 11.6. The topological polar surface area (TPSA) is 25.3 Å². The molecule has 92 heavy (non-hydrogen) atoms. The number of hydrogen-bond acceptors (Lipinski definition) is 0. The van der Waals surface area contributed by atoms with Crippen LogP contribution in [0.4, 0.5) is 0 Å². The van der Waals surface area contributed by atoms with Gasteiger partial charge in [0.05, 0.1) is 0 Å². The Morgan fingerprint density at radius 2 is 0.489 bits per heavy atom. The van der Waals surface area contributed by atoms with Crippen LogP contribution in [0.3, 0.4) is 0 Å². The second-order valence-corrected chi connectivity index (χ2v) is 30.9. The first-order valence-corrected chi connectivity index (χ1v) is 43.5. The van der Waals surface area contributed by atoms with Crippen molar-refractivity contribution in [1.82, 2.24) is 0 Å². The molecule has 0 N–H and O–H groups in total. The number of nitrogens with zero attached hydrogens (tertiary/aromatic N) is 2. The van der Waals surface area contributed by atoms with Gasteiger partial charge in [-0.2, -0.15) is 0 Å². The summed E-state index contributed by atoms with van der Waals surface area (Å²) in [5, 5.41) is 2.87. The van der Waals surface area contributed by atoms with Crippen molar-refractivity contribution in [3.8, 4) is 0 Å². The summed E-state index contributed by atoms with van der Waals surface area (Å²) in [7, 11) is 0. The number of aryl methyl sites for hydroxylation is 2. The molecule has 2 nitrogen and oxygen atoms in total. The van der Waals surface area contributed by atoms with Crippen LogP contribution < -0.4 is 0 Å². The van der Waals surface area contributed by atoms with Crippen LogP contribution in [0.2, 0.25) is 10.8 Å². The van der Waals surface area contributed by atoms with Crippen LogP contribution in [0.15, 0.2) is 59.7 Å². The Morgan fingerprint density at radius 3 is 0.750 bits per heavy atom. The summed E-state index contributed by atoms with van der Waals surface area (Å²) >= 11 is 2.05. The Bertz CT molecular complexity index is 1900. The fraction of sp³-hybridized carbons (Fsp3) is 0.820. The zero-order valence-electron chi connectivity index (χ0n) is 63.2. The molecule has 0 saturated carbocycles. The number of allylic oxidation sites excluding steroid dienone is 2. The normalized spacial score (nSPS) is 12.6. The average molecular weight is 1320 g/mol. The van der Waals surface area contributed by atoms with Crippen molar-refractivity contribution in [2.24, 2.45) is 0 Å². The minimum absolute atomic E-state index is 0.952. The van der Waals surface area contributed by atoms with Crippen molar-refractivity contribution in [3.63, 3.8) is 0 Å². The first-order valence-electron chi connectivity index (χ1n) is 42.1. The van der Waals surface area contributed by atoms with Gasteiger partial charge in [-0.15, -0.1) is 0 Å². The molecule has 0 atom stereocenters. The molecule has 0 bridgehead atoms. The third-order valence-corrected chi connectivity index (χ3v) is 21.9. The Kier molecular flexibility index (Phi) is 63.2. The molecule has 3 rings (SSSR count). The molecule has 2 aromatic carbocycles. The van der Waals surface area contributed by atoms with E-state index in [1.165, 1.54) is 429 Å². The van der Waals surface area contributed by atoms with Crippen LogP contribution >= 0.6 is 0 Å². The SMILES string of the molecule is CCCCCCC1=C(c2cccc(CCCC)c2)[N+](=[N-])C(c2cccc(CCCC)c2)=C1C.CCCCCCCCCCCCCCCCCCCCCCCCCCCC[CH2][Ni][CH2]CCCCCCCCCCCCCCCCCCCCCCCCCCCC. The van der Waals surface area contributed by atoms with Crippen molar-refractivity contribution in [3.05, 3.63) is 87.5 Å². The van der Waals surface area contributed by atoms with E-state index in [1.807, 2.05) is 0 Å². The van der Waals surface area contributed by atoms with Gasteiger partial charge in [0.25, 0.3) is 0 Å². The molecule has 0 radical (unpaired) electrons. The van der Waals surface area contributed by atoms with Crippen LogP contribution in [-0.4, -0.2) is 4.70 Å². The van der Waals surface area contributed by atoms with Gasteiger partial charge in [-0.1, -0.05) is 296 Å². The van der Waals surface area contributed by atoms with Gasteiger partial charge in [-0.25, -0.2) is 4.70 Å². The van der Waals surface area contributed by atoms with E-state index < -0.39 is 0 Å². The molecule has 536 valence electrons. The summed E-state index contributed by atoms with van der Waals surface area (Å²) in [4.78, 5) is 0. The van der Waals surface area contributed by atoms with Crippen molar-refractivity contribution < 1.29 is 19.1 Å². The van der Waals surface area contributed by atoms with Crippen LogP contribution in [0.5, 0.6) is 0 Å². The van der Waals surface area contributed by atoms with Crippen molar-refractivity contribution in [1.29, 1.82) is 0 Å². The first-order chi connectivity index (χ1) is 45.5. The van der Waals surface area contributed by atoms with Crippen LogP contribution in [0, 0.1) is 0 Å². The standard InChI is InChI=1S/C31H42N2.2C29H59.Ni/c1-5-8-11-12-21-29-24(4)30(27-19-13-17-25(22-27)15-9-6-2)33(32)31(29)28-20-14-18-26(23-28)16-10-7-3;2*1-3-5-7-9-11-13-15-17-19-21-23-25-27-29-28-26-24-22-20-18-16-14-12-10-8-6-4-2;/h13-14,17-20,22-23H,5-12,15-16,21H2,1-4H3;2*1,3-29H2,2H3;. The Labute approximate surface area is 584 Å². The summed E-state index contributed by atoms with van der Waals surface area (Å²) in [6.07, 6.45) is 93.1. The van der Waals surface area contributed by atoms with E-state index in [0.717, 1.165) is 48.2 Å². The molecule has 3 heteroatoms. The van der Waals surface area contributed by atoms with E-state index in [2.05, 4.69) is 105 Å². The Morgan fingerprint density at radius 1 is 0.261 bits per heavy atom. The molecule has 1 aliphatic heterocycles. The summed E-state index contributed by atoms with van der Waals surface area (Å²) in [6, 6.07) is 17.6. The fourth-order valence-electron chi connectivity index (χ4n) is 14.3. The van der Waals surface area contributed by atoms with Gasteiger partial charge in [-0.3, -0.25) is 0 Å². The minimum atomic E-state index is 0.952. The molecule has 0 unspecified atom stereocenters. The molecule has 1 heterocycles. The summed E-state index contributed by atoms with van der Waals surface area (Å²) in [5.74, 6) is 0. The third-order valence-electron chi connectivity index (χ3n) is 20.5. The summed E-state index contributed by atoms with van der Waals surface area (Å²) in [5.41, 5.74) is 21.0. The zero-order chi connectivity index (χ0) is 65.9. The van der Waals surface area contributed by atoms with Crippen LogP contribution in [0.25, 0.3) is 16.9 Å². The quantitative estimate of drug-likeness (QED) is 0.0358. The molecule has 0 amide bonds. The van der Waals surface area contributed by atoms with Gasteiger partial charge in [0, 0.05) is 22.3 Å². The number of benzene rings is 2. The Hall–Kier alpha value is -1.99. The summed E-state index contributed by atoms with van der Waals surface area (Å²) in [6.45, 7) is 13.6. The average Bonchev–Trinajstić information content (AvgIpc) is 1.69. The van der Waals surface area contributed by atoms with Gasteiger partial charge in [0.1, 0.15) is 0 Å². The predicted molar refractivity (Wildman–Crippen MR) is 412 cm³/mol. The second-order valence-electron chi connectivity index (χ2n) is 29.4. The molecular weight excluding hydrogens is 1160 g/mol. The molecule has 1 aliphatic rings. The van der Waals surface area contributed by atoms with E-state index in [-0.39, 0.29) is 0 Å². The van der Waals surface area contributed by atoms with E-state index in [4.69, 9.17) is 0 Å². The van der Waals surface area contributed by atoms with Crippen molar-refractivity contribution >= 4 is 11.4 Å². The number of hydrogen-bond donors (Lipinski definition) is 0. The van der Waals surface area contributed by atoms with Crippen molar-refractivity contribution in [2.45, 2.75) is 470 Å². The van der Waals surface area contributed by atoms with Gasteiger partial charge in [-0.05, 0) is 80.8 Å². The molecule has 0 saturated heterocycles.